The van der Waals surface area contributed by atoms with Gasteiger partial charge in [-0.3, -0.25) is 0 Å². The average molecular weight is 657 g/mol. The monoisotopic (exact) mass is 656 g/mol. The van der Waals surface area contributed by atoms with Crippen molar-refractivity contribution in [2.45, 2.75) is 12.4 Å². The molecule has 0 fully saturated rings. The minimum absolute atomic E-state index is 0.175. The van der Waals surface area contributed by atoms with Gasteiger partial charge in [-0.05, 0) is 72.8 Å². The van der Waals surface area contributed by atoms with Gasteiger partial charge >= 0.3 is 12.4 Å². The number of anilines is 4. The highest BCUT2D eigenvalue weighted by Crippen LogP contribution is 2.35. The van der Waals surface area contributed by atoms with Crippen LogP contribution in [0.4, 0.5) is 61.0 Å². The fourth-order valence-corrected chi connectivity index (χ4v) is 4.54. The summed E-state index contributed by atoms with van der Waals surface area (Å²) in [7, 11) is 0. The van der Waals surface area contributed by atoms with Crippen molar-refractivity contribution in [3.63, 3.8) is 0 Å². The van der Waals surface area contributed by atoms with Crippen LogP contribution in [0.2, 0.25) is 0 Å². The summed E-state index contributed by atoms with van der Waals surface area (Å²) in [5.74, 6) is 0.350. The van der Waals surface area contributed by atoms with Gasteiger partial charge in [0.05, 0.1) is 33.9 Å². The van der Waals surface area contributed by atoms with Crippen LogP contribution in [0.1, 0.15) is 11.1 Å². The maximum absolute atomic E-state index is 12.9. The van der Waals surface area contributed by atoms with E-state index in [0.29, 0.717) is 45.3 Å². The van der Waals surface area contributed by atoms with Crippen molar-refractivity contribution in [1.82, 2.24) is 19.9 Å². The fraction of sp³-hybridized carbons (Fsp3) is 0.0588. The number of nitrogens with zero attached hydrogens (tertiary/aromatic N) is 6. The minimum Gasteiger partial charge on any atom is -0.324 e. The SMILES string of the molecule is FC(F)(F)c1ccc(Nc2nccc(-c3ccccc3/N=N\c3ccccc3-c3ccnc(Nc4ccc(C(F)(F)F)cc4)n3)n2)cc1. The fourth-order valence-electron chi connectivity index (χ4n) is 4.54. The van der Waals surface area contributed by atoms with Gasteiger partial charge in [0.15, 0.2) is 0 Å². The molecule has 0 saturated heterocycles. The topological polar surface area (TPSA) is 100 Å². The van der Waals surface area contributed by atoms with Crippen molar-refractivity contribution < 1.29 is 26.3 Å². The summed E-state index contributed by atoms with van der Waals surface area (Å²) < 4.78 is 77.6. The molecule has 14 heteroatoms. The van der Waals surface area contributed by atoms with E-state index >= 15 is 0 Å². The second kappa shape index (κ2) is 13.3. The van der Waals surface area contributed by atoms with E-state index in [-0.39, 0.29) is 11.9 Å². The molecule has 0 amide bonds. The molecule has 240 valence electrons. The number of hydrogen-bond donors (Lipinski definition) is 2. The zero-order valence-corrected chi connectivity index (χ0v) is 24.5. The van der Waals surface area contributed by atoms with E-state index in [1.54, 1.807) is 60.7 Å². The molecule has 0 aliphatic carbocycles. The summed E-state index contributed by atoms with van der Waals surface area (Å²) in [4.78, 5) is 17.4. The van der Waals surface area contributed by atoms with Crippen LogP contribution >= 0.6 is 0 Å². The first-order valence-electron chi connectivity index (χ1n) is 14.2. The Labute approximate surface area is 269 Å². The van der Waals surface area contributed by atoms with Crippen LogP contribution in [0, 0.1) is 0 Å². The molecule has 4 aromatic carbocycles. The Hall–Kier alpha value is -6.18. The van der Waals surface area contributed by atoms with E-state index in [1.165, 1.54) is 36.7 Å². The summed E-state index contributed by atoms with van der Waals surface area (Å²) >= 11 is 0. The highest BCUT2D eigenvalue weighted by Gasteiger charge is 2.30. The van der Waals surface area contributed by atoms with E-state index in [0.717, 1.165) is 24.3 Å². The number of aromatic nitrogens is 4. The number of alkyl halides is 6. The van der Waals surface area contributed by atoms with E-state index < -0.39 is 23.5 Å². The summed E-state index contributed by atoms with van der Waals surface area (Å²) in [6.07, 6.45) is -5.85. The number of azo groups is 1. The second-order valence-electron chi connectivity index (χ2n) is 10.2. The van der Waals surface area contributed by atoms with Gasteiger partial charge in [0.1, 0.15) is 0 Å². The molecule has 6 aromatic rings. The van der Waals surface area contributed by atoms with E-state index in [1.807, 2.05) is 0 Å². The Morgan fingerprint density at radius 2 is 0.833 bits per heavy atom. The number of halogens is 6. The molecule has 0 atom stereocenters. The van der Waals surface area contributed by atoms with Crippen molar-refractivity contribution in [3.05, 3.63) is 133 Å². The second-order valence-corrected chi connectivity index (χ2v) is 10.2. The molecule has 2 heterocycles. The van der Waals surface area contributed by atoms with Crippen molar-refractivity contribution >= 4 is 34.6 Å². The quantitative estimate of drug-likeness (QED) is 0.125. The Morgan fingerprint density at radius 1 is 0.458 bits per heavy atom. The third-order valence-electron chi connectivity index (χ3n) is 6.87. The molecule has 0 aliphatic rings. The van der Waals surface area contributed by atoms with Gasteiger partial charge in [-0.25, -0.2) is 19.9 Å². The number of nitrogens with one attached hydrogen (secondary N) is 2. The lowest BCUT2D eigenvalue weighted by atomic mass is 10.1. The third kappa shape index (κ3) is 7.61. The largest absolute Gasteiger partial charge is 0.416 e. The van der Waals surface area contributed by atoms with Gasteiger partial charge in [0.2, 0.25) is 11.9 Å². The molecule has 48 heavy (non-hydrogen) atoms. The van der Waals surface area contributed by atoms with Gasteiger partial charge < -0.3 is 10.6 Å². The van der Waals surface area contributed by atoms with Crippen LogP contribution in [0.25, 0.3) is 22.5 Å². The Morgan fingerprint density at radius 3 is 1.21 bits per heavy atom. The molecule has 0 bridgehead atoms. The Kier molecular flexibility index (Phi) is 8.79. The molecule has 2 N–H and O–H groups in total. The molecule has 2 aromatic heterocycles. The van der Waals surface area contributed by atoms with Crippen LogP contribution < -0.4 is 10.6 Å². The van der Waals surface area contributed by atoms with Gasteiger partial charge in [-0.2, -0.15) is 26.3 Å². The minimum atomic E-state index is -4.44. The van der Waals surface area contributed by atoms with Crippen molar-refractivity contribution in [3.8, 4) is 22.5 Å². The first-order valence-corrected chi connectivity index (χ1v) is 14.2. The summed E-state index contributed by atoms with van der Waals surface area (Å²) in [5, 5.41) is 14.8. The van der Waals surface area contributed by atoms with Crippen molar-refractivity contribution in [2.24, 2.45) is 10.2 Å². The third-order valence-corrected chi connectivity index (χ3v) is 6.87. The number of hydrogen-bond acceptors (Lipinski definition) is 8. The molecule has 0 unspecified atom stereocenters. The normalized spacial score (nSPS) is 11.9. The van der Waals surface area contributed by atoms with E-state index in [2.05, 4.69) is 40.8 Å². The highest BCUT2D eigenvalue weighted by atomic mass is 19.4. The molecule has 0 radical (unpaired) electrons. The smallest absolute Gasteiger partial charge is 0.324 e. The lowest BCUT2D eigenvalue weighted by Gasteiger charge is -2.10. The van der Waals surface area contributed by atoms with Crippen LogP contribution in [-0.4, -0.2) is 19.9 Å². The number of rotatable bonds is 8. The van der Waals surface area contributed by atoms with Crippen molar-refractivity contribution in [2.75, 3.05) is 10.6 Å². The molecule has 8 nitrogen and oxygen atoms in total. The predicted octanol–water partition coefficient (Wildman–Crippen LogP) is 10.5. The lowest BCUT2D eigenvalue weighted by Crippen LogP contribution is -2.05. The average Bonchev–Trinajstić information content (AvgIpc) is 3.07. The lowest BCUT2D eigenvalue weighted by molar-refractivity contribution is -0.138. The molecule has 6 rings (SSSR count). The van der Waals surface area contributed by atoms with Gasteiger partial charge in [-0.1, -0.05) is 36.4 Å². The summed E-state index contributed by atoms with van der Waals surface area (Å²) in [6.45, 7) is 0. The maximum Gasteiger partial charge on any atom is 0.416 e. The Bertz CT molecular complexity index is 1910. The summed E-state index contributed by atoms with van der Waals surface area (Å²) in [5.41, 5.74) is 2.45. The molecular weight excluding hydrogens is 634 g/mol. The van der Waals surface area contributed by atoms with Gasteiger partial charge in [0.25, 0.3) is 0 Å². The summed E-state index contributed by atoms with van der Waals surface area (Å²) in [6, 6.07) is 26.7. The Balaban J connectivity index is 1.23. The highest BCUT2D eigenvalue weighted by molar-refractivity contribution is 5.76. The van der Waals surface area contributed by atoms with Crippen LogP contribution in [0.5, 0.6) is 0 Å². The van der Waals surface area contributed by atoms with Gasteiger partial charge in [-0.15, -0.1) is 10.2 Å². The molecular formula is C34H22F6N8. The first kappa shape index (κ1) is 31.8. The predicted molar refractivity (Wildman–Crippen MR) is 169 cm³/mol. The first-order chi connectivity index (χ1) is 23.0. The zero-order chi connectivity index (χ0) is 33.7. The van der Waals surface area contributed by atoms with Crippen LogP contribution in [0.3, 0.4) is 0 Å². The maximum atomic E-state index is 12.9. The van der Waals surface area contributed by atoms with Gasteiger partial charge in [0, 0.05) is 34.9 Å². The molecule has 0 aliphatic heterocycles. The zero-order valence-electron chi connectivity index (χ0n) is 24.5. The molecule has 0 spiro atoms. The number of benzene rings is 4. The van der Waals surface area contributed by atoms with Crippen LogP contribution in [-0.2, 0) is 12.4 Å². The van der Waals surface area contributed by atoms with E-state index in [9.17, 15) is 26.3 Å². The standard InChI is InChI=1S/C34H22F6N8/c35-33(36,37)21-9-13-23(14-10-21)43-31-41-19-17-27(45-31)25-5-1-3-7-29(25)47-48-30-8-4-2-6-26(30)28-18-20-42-32(46-28)44-24-15-11-22(12-16-24)34(38,39)40/h1-20H,(H,41,43,45)(H,42,44,46)/b48-47-. The van der Waals surface area contributed by atoms with Crippen LogP contribution in [0.15, 0.2) is 132 Å². The molecule has 0 saturated carbocycles. The van der Waals surface area contributed by atoms with Crippen molar-refractivity contribution in [1.29, 1.82) is 0 Å². The van der Waals surface area contributed by atoms with E-state index in [4.69, 9.17) is 0 Å².